The van der Waals surface area contributed by atoms with Crippen LogP contribution in [0.5, 0.6) is 0 Å². The highest BCUT2D eigenvalue weighted by molar-refractivity contribution is 5.97. The van der Waals surface area contributed by atoms with Gasteiger partial charge in [-0.3, -0.25) is 9.78 Å². The largest absolute Gasteiger partial charge is 0.389 e. The summed E-state index contributed by atoms with van der Waals surface area (Å²) >= 11 is 0. The van der Waals surface area contributed by atoms with Crippen molar-refractivity contribution in [3.63, 3.8) is 0 Å². The van der Waals surface area contributed by atoms with Crippen molar-refractivity contribution in [2.45, 2.75) is 6.10 Å². The molecule has 0 saturated carbocycles. The Morgan fingerprint density at radius 3 is 2.86 bits per heavy atom. The molecule has 0 saturated heterocycles. The van der Waals surface area contributed by atoms with E-state index in [0.717, 1.165) is 0 Å². The van der Waals surface area contributed by atoms with Crippen molar-refractivity contribution < 1.29 is 14.3 Å². The molecule has 7 nitrogen and oxygen atoms in total. The molecule has 1 amide bonds. The Bertz CT molecular complexity index is 1030. The fourth-order valence-electron chi connectivity index (χ4n) is 2.72. The fourth-order valence-corrected chi connectivity index (χ4v) is 2.72. The van der Waals surface area contributed by atoms with Gasteiger partial charge in [0.05, 0.1) is 23.6 Å². The minimum atomic E-state index is -0.824. The average Bonchev–Trinajstić information content (AvgIpc) is 2.72. The quantitative estimate of drug-likeness (QED) is 0.681. The van der Waals surface area contributed by atoms with E-state index in [0.29, 0.717) is 22.3 Å². The molecule has 0 spiro atoms. The zero-order valence-corrected chi connectivity index (χ0v) is 15.1. The number of hydrogen-bond donors (Lipinski definition) is 2. The molecule has 0 aliphatic heterocycles. The van der Waals surface area contributed by atoms with Gasteiger partial charge in [-0.1, -0.05) is 12.1 Å². The maximum atomic E-state index is 13.7. The number of nitrogens with one attached hydrogen (secondary N) is 1. The predicted octanol–water partition coefficient (Wildman–Crippen LogP) is 2.19. The summed E-state index contributed by atoms with van der Waals surface area (Å²) in [5.41, 5.74) is 1.49. The summed E-state index contributed by atoms with van der Waals surface area (Å²) in [5.74, 6) is -0.763. The normalized spacial score (nSPS) is 11.6. The number of benzene rings is 1. The minimum Gasteiger partial charge on any atom is -0.389 e. The van der Waals surface area contributed by atoms with Crippen LogP contribution in [0.15, 0.2) is 48.8 Å². The number of amides is 1. The average molecular weight is 379 g/mol. The predicted molar refractivity (Wildman–Crippen MR) is 102 cm³/mol. The standard InChI is InChI=1S/C20H18FN5O2/c1-26(12-17(27)11-24-16-6-5-15(8-22)23-10-16)20(28)14-7-13-3-2-4-18(21)19(13)25-9-14/h2-7,9-10,17,24,27H,11-12H2,1H3. The maximum absolute atomic E-state index is 13.7. The van der Waals surface area contributed by atoms with Gasteiger partial charge >= 0.3 is 0 Å². The first-order chi connectivity index (χ1) is 13.5. The van der Waals surface area contributed by atoms with Gasteiger partial charge in [0.15, 0.2) is 0 Å². The Morgan fingerprint density at radius 2 is 2.14 bits per heavy atom. The third-order valence-electron chi connectivity index (χ3n) is 4.16. The third-order valence-corrected chi connectivity index (χ3v) is 4.16. The van der Waals surface area contributed by atoms with Crippen molar-refractivity contribution in [3.05, 3.63) is 65.9 Å². The van der Waals surface area contributed by atoms with Crippen LogP contribution in [0.2, 0.25) is 0 Å². The van der Waals surface area contributed by atoms with E-state index in [2.05, 4.69) is 15.3 Å². The molecule has 0 fully saturated rings. The summed E-state index contributed by atoms with van der Waals surface area (Å²) < 4.78 is 13.7. The molecule has 1 atom stereocenters. The summed E-state index contributed by atoms with van der Waals surface area (Å²) in [6.07, 6.45) is 2.01. The molecule has 1 aromatic carbocycles. The van der Waals surface area contributed by atoms with Crippen LogP contribution >= 0.6 is 0 Å². The number of aliphatic hydroxyl groups excluding tert-OH is 1. The second-order valence-corrected chi connectivity index (χ2v) is 6.30. The van der Waals surface area contributed by atoms with Crippen molar-refractivity contribution in [2.24, 2.45) is 0 Å². The van der Waals surface area contributed by atoms with E-state index in [1.165, 1.54) is 23.4 Å². The molecule has 2 aromatic heterocycles. The van der Waals surface area contributed by atoms with E-state index in [-0.39, 0.29) is 24.5 Å². The number of carbonyl (C=O) groups excluding carboxylic acids is 1. The van der Waals surface area contributed by atoms with Crippen LogP contribution in [-0.2, 0) is 0 Å². The molecule has 3 aromatic rings. The molecule has 0 aliphatic rings. The fraction of sp³-hybridized carbons (Fsp3) is 0.200. The van der Waals surface area contributed by atoms with Crippen LogP contribution in [0.3, 0.4) is 0 Å². The summed E-state index contributed by atoms with van der Waals surface area (Å²) in [7, 11) is 1.57. The van der Waals surface area contributed by atoms with E-state index in [1.54, 1.807) is 37.4 Å². The lowest BCUT2D eigenvalue weighted by atomic mass is 10.1. The lowest BCUT2D eigenvalue weighted by Crippen LogP contribution is -2.37. The van der Waals surface area contributed by atoms with Crippen LogP contribution in [0.1, 0.15) is 16.1 Å². The molecular formula is C20H18FN5O2. The van der Waals surface area contributed by atoms with Gasteiger partial charge < -0.3 is 15.3 Å². The highest BCUT2D eigenvalue weighted by Crippen LogP contribution is 2.17. The van der Waals surface area contributed by atoms with Gasteiger partial charge in [0.2, 0.25) is 0 Å². The van der Waals surface area contributed by atoms with Crippen molar-refractivity contribution in [2.75, 3.05) is 25.5 Å². The summed E-state index contributed by atoms with van der Waals surface area (Å²) in [6.45, 7) is 0.295. The lowest BCUT2D eigenvalue weighted by Gasteiger charge is -2.21. The Balaban J connectivity index is 1.59. The zero-order valence-electron chi connectivity index (χ0n) is 15.1. The van der Waals surface area contributed by atoms with Gasteiger partial charge in [-0.15, -0.1) is 0 Å². The lowest BCUT2D eigenvalue weighted by molar-refractivity contribution is 0.0697. The van der Waals surface area contributed by atoms with Crippen molar-refractivity contribution in [3.8, 4) is 6.07 Å². The second kappa shape index (κ2) is 8.41. The third kappa shape index (κ3) is 4.39. The smallest absolute Gasteiger partial charge is 0.255 e. The number of aromatic nitrogens is 2. The van der Waals surface area contributed by atoms with Crippen molar-refractivity contribution in [1.82, 2.24) is 14.9 Å². The van der Waals surface area contributed by atoms with E-state index in [4.69, 9.17) is 5.26 Å². The zero-order chi connectivity index (χ0) is 20.1. The molecule has 1 unspecified atom stereocenters. The van der Waals surface area contributed by atoms with E-state index < -0.39 is 11.9 Å². The SMILES string of the molecule is CN(CC(O)CNc1ccc(C#N)nc1)C(=O)c1cnc2c(F)cccc2c1. The number of anilines is 1. The molecule has 0 bridgehead atoms. The van der Waals surface area contributed by atoms with Gasteiger partial charge in [0.25, 0.3) is 5.91 Å². The number of para-hydroxylation sites is 1. The first kappa shape index (κ1) is 19.2. The molecule has 3 rings (SSSR count). The van der Waals surface area contributed by atoms with Gasteiger partial charge in [0, 0.05) is 31.7 Å². The number of rotatable bonds is 6. The van der Waals surface area contributed by atoms with E-state index in [9.17, 15) is 14.3 Å². The number of nitrogens with zero attached hydrogens (tertiary/aromatic N) is 4. The van der Waals surface area contributed by atoms with Crippen LogP contribution in [0.4, 0.5) is 10.1 Å². The number of hydrogen-bond acceptors (Lipinski definition) is 6. The highest BCUT2D eigenvalue weighted by atomic mass is 19.1. The molecule has 2 heterocycles. The molecule has 8 heteroatoms. The van der Waals surface area contributed by atoms with Crippen LogP contribution in [0.25, 0.3) is 10.9 Å². The first-order valence-corrected chi connectivity index (χ1v) is 8.56. The maximum Gasteiger partial charge on any atom is 0.255 e. The number of aliphatic hydroxyl groups is 1. The van der Waals surface area contributed by atoms with Gasteiger partial charge in [-0.25, -0.2) is 9.37 Å². The Morgan fingerprint density at radius 1 is 1.32 bits per heavy atom. The number of pyridine rings is 2. The number of carbonyl (C=O) groups is 1. The molecule has 142 valence electrons. The van der Waals surface area contributed by atoms with Crippen LogP contribution in [-0.4, -0.2) is 52.1 Å². The van der Waals surface area contributed by atoms with Crippen molar-refractivity contribution >= 4 is 22.5 Å². The summed E-state index contributed by atoms with van der Waals surface area (Å²) in [4.78, 5) is 21.9. The van der Waals surface area contributed by atoms with Crippen LogP contribution < -0.4 is 5.32 Å². The van der Waals surface area contributed by atoms with Gasteiger partial charge in [0.1, 0.15) is 23.1 Å². The van der Waals surface area contributed by atoms with E-state index >= 15 is 0 Å². The topological polar surface area (TPSA) is 102 Å². The molecule has 0 aliphatic carbocycles. The highest BCUT2D eigenvalue weighted by Gasteiger charge is 2.17. The first-order valence-electron chi connectivity index (χ1n) is 8.56. The minimum absolute atomic E-state index is 0.0940. The number of fused-ring (bicyclic) bond motifs is 1. The van der Waals surface area contributed by atoms with Crippen molar-refractivity contribution in [1.29, 1.82) is 5.26 Å². The summed E-state index contributed by atoms with van der Waals surface area (Å²) in [6, 6.07) is 11.3. The number of nitriles is 1. The molecule has 2 N–H and O–H groups in total. The molecular weight excluding hydrogens is 361 g/mol. The molecule has 0 radical (unpaired) electrons. The second-order valence-electron chi connectivity index (χ2n) is 6.30. The van der Waals surface area contributed by atoms with Gasteiger partial charge in [-0.2, -0.15) is 5.26 Å². The number of halogens is 1. The van der Waals surface area contributed by atoms with Crippen LogP contribution in [0, 0.1) is 17.1 Å². The van der Waals surface area contributed by atoms with E-state index in [1.807, 2.05) is 6.07 Å². The van der Waals surface area contributed by atoms with Gasteiger partial charge in [-0.05, 0) is 24.3 Å². The Kier molecular flexibility index (Phi) is 5.77. The number of likely N-dealkylation sites (N-methyl/N-ethyl adjacent to an activating group) is 1. The molecule has 28 heavy (non-hydrogen) atoms. The monoisotopic (exact) mass is 379 g/mol. The Labute approximate surface area is 161 Å². The summed E-state index contributed by atoms with van der Waals surface area (Å²) in [5, 5.41) is 22.5. The Hall–Kier alpha value is -3.57.